The number of unbranched alkanes of at least 4 members (excludes halogenated alkanes) is 1. The molecular formula is C18H16O4. The number of esters is 1. The number of carbonyl (C=O) groups is 2. The minimum absolute atomic E-state index is 0.0551. The molecule has 0 saturated carbocycles. The monoisotopic (exact) mass is 296 g/mol. The molecule has 0 spiro atoms. The van der Waals surface area contributed by atoms with Gasteiger partial charge < -0.3 is 9.84 Å². The normalized spacial score (nSPS) is 12.0. The van der Waals surface area contributed by atoms with Crippen LogP contribution in [-0.2, 0) is 4.74 Å². The van der Waals surface area contributed by atoms with Gasteiger partial charge in [-0.2, -0.15) is 0 Å². The summed E-state index contributed by atoms with van der Waals surface area (Å²) in [5.41, 5.74) is 3.03. The zero-order valence-corrected chi connectivity index (χ0v) is 12.0. The van der Waals surface area contributed by atoms with Crippen molar-refractivity contribution in [3.8, 4) is 11.1 Å². The van der Waals surface area contributed by atoms with Gasteiger partial charge in [0, 0.05) is 23.3 Å². The number of aliphatic hydroxyl groups is 1. The molecule has 2 aromatic carbocycles. The first-order valence-corrected chi connectivity index (χ1v) is 7.29. The number of ether oxygens (including phenoxy) is 1. The van der Waals surface area contributed by atoms with E-state index in [-0.39, 0.29) is 19.0 Å². The van der Waals surface area contributed by atoms with E-state index in [1.807, 2.05) is 18.2 Å². The molecule has 0 aromatic heterocycles. The fourth-order valence-corrected chi connectivity index (χ4v) is 2.70. The molecule has 1 aliphatic rings. The molecule has 1 N–H and O–H groups in total. The molecule has 3 rings (SSSR count). The van der Waals surface area contributed by atoms with Crippen molar-refractivity contribution in [3.63, 3.8) is 0 Å². The standard InChI is InChI=1S/C18H16O4/c19-10-3-4-11-22-18(21)15-9-5-8-14-16(15)12-6-1-2-7-13(12)17(14)20/h1-2,5-9,19H,3-4,10-11H2. The van der Waals surface area contributed by atoms with Gasteiger partial charge in [0.15, 0.2) is 5.78 Å². The Kier molecular flexibility index (Phi) is 4.02. The SMILES string of the molecule is O=C(OCCCCO)c1cccc2c1-c1ccccc1C2=O. The van der Waals surface area contributed by atoms with Gasteiger partial charge in [0.05, 0.1) is 12.2 Å². The second-order valence-corrected chi connectivity index (χ2v) is 5.17. The molecule has 0 radical (unpaired) electrons. The molecule has 0 unspecified atom stereocenters. The van der Waals surface area contributed by atoms with Crippen molar-refractivity contribution in [1.82, 2.24) is 0 Å². The quantitative estimate of drug-likeness (QED) is 0.581. The second-order valence-electron chi connectivity index (χ2n) is 5.17. The van der Waals surface area contributed by atoms with E-state index in [0.29, 0.717) is 35.1 Å². The first-order chi connectivity index (χ1) is 10.7. The van der Waals surface area contributed by atoms with Crippen molar-refractivity contribution < 1.29 is 19.4 Å². The summed E-state index contributed by atoms with van der Waals surface area (Å²) in [5, 5.41) is 8.74. The fraction of sp³-hybridized carbons (Fsp3) is 0.222. The van der Waals surface area contributed by atoms with Gasteiger partial charge in [-0.3, -0.25) is 4.79 Å². The van der Waals surface area contributed by atoms with Crippen LogP contribution in [0.4, 0.5) is 0 Å². The number of hydrogen-bond donors (Lipinski definition) is 1. The van der Waals surface area contributed by atoms with E-state index in [1.54, 1.807) is 24.3 Å². The van der Waals surface area contributed by atoms with E-state index in [0.717, 1.165) is 5.56 Å². The number of rotatable bonds is 5. The lowest BCUT2D eigenvalue weighted by atomic mass is 9.99. The van der Waals surface area contributed by atoms with E-state index in [1.165, 1.54) is 0 Å². The third-order valence-corrected chi connectivity index (χ3v) is 3.76. The van der Waals surface area contributed by atoms with Crippen LogP contribution in [-0.4, -0.2) is 30.1 Å². The van der Waals surface area contributed by atoms with Gasteiger partial charge >= 0.3 is 5.97 Å². The fourth-order valence-electron chi connectivity index (χ4n) is 2.70. The van der Waals surface area contributed by atoms with Crippen molar-refractivity contribution in [1.29, 1.82) is 0 Å². The van der Waals surface area contributed by atoms with E-state index in [9.17, 15) is 9.59 Å². The van der Waals surface area contributed by atoms with Gasteiger partial charge in [0.1, 0.15) is 0 Å². The van der Waals surface area contributed by atoms with Crippen molar-refractivity contribution in [3.05, 3.63) is 59.2 Å². The molecule has 4 heteroatoms. The maximum atomic E-state index is 12.4. The molecule has 4 nitrogen and oxygen atoms in total. The van der Waals surface area contributed by atoms with Crippen LogP contribution in [0.5, 0.6) is 0 Å². The first kappa shape index (κ1) is 14.5. The van der Waals surface area contributed by atoms with Gasteiger partial charge in [-0.15, -0.1) is 0 Å². The van der Waals surface area contributed by atoms with Crippen LogP contribution >= 0.6 is 0 Å². The number of carbonyl (C=O) groups excluding carboxylic acids is 2. The van der Waals surface area contributed by atoms with Gasteiger partial charge in [-0.25, -0.2) is 4.79 Å². The lowest BCUT2D eigenvalue weighted by Gasteiger charge is -2.09. The molecule has 0 heterocycles. The average Bonchev–Trinajstić information content (AvgIpc) is 2.85. The summed E-state index contributed by atoms with van der Waals surface area (Å²) in [6.07, 6.45) is 1.22. The summed E-state index contributed by atoms with van der Waals surface area (Å²) in [7, 11) is 0. The highest BCUT2D eigenvalue weighted by molar-refractivity contribution is 6.24. The molecule has 22 heavy (non-hydrogen) atoms. The van der Waals surface area contributed by atoms with Gasteiger partial charge in [-0.1, -0.05) is 36.4 Å². The summed E-state index contributed by atoms with van der Waals surface area (Å²) in [5.74, 6) is -0.486. The number of hydrogen-bond acceptors (Lipinski definition) is 4. The van der Waals surface area contributed by atoms with Crippen LogP contribution in [0.25, 0.3) is 11.1 Å². The average molecular weight is 296 g/mol. The highest BCUT2D eigenvalue weighted by Crippen LogP contribution is 2.38. The number of benzene rings is 2. The molecule has 0 bridgehead atoms. The summed E-state index contributed by atoms with van der Waals surface area (Å²) in [4.78, 5) is 24.7. The molecule has 0 fully saturated rings. The summed E-state index contributed by atoms with van der Waals surface area (Å²) >= 11 is 0. The smallest absolute Gasteiger partial charge is 0.338 e. The number of fused-ring (bicyclic) bond motifs is 3. The molecule has 0 amide bonds. The van der Waals surface area contributed by atoms with Crippen LogP contribution in [0.2, 0.25) is 0 Å². The van der Waals surface area contributed by atoms with Gasteiger partial charge in [0.2, 0.25) is 0 Å². The molecule has 0 atom stereocenters. The van der Waals surface area contributed by atoms with E-state index < -0.39 is 5.97 Å². The van der Waals surface area contributed by atoms with Crippen molar-refractivity contribution in [2.45, 2.75) is 12.8 Å². The molecule has 2 aromatic rings. The van der Waals surface area contributed by atoms with Crippen LogP contribution in [0.1, 0.15) is 39.1 Å². The van der Waals surface area contributed by atoms with Crippen molar-refractivity contribution >= 4 is 11.8 Å². The maximum absolute atomic E-state index is 12.4. The summed E-state index contributed by atoms with van der Waals surface area (Å²) in [6.45, 7) is 0.346. The first-order valence-electron chi connectivity index (χ1n) is 7.29. The van der Waals surface area contributed by atoms with Crippen LogP contribution in [0.3, 0.4) is 0 Å². The second kappa shape index (κ2) is 6.12. The Hall–Kier alpha value is -2.46. The van der Waals surface area contributed by atoms with E-state index >= 15 is 0 Å². The molecule has 0 saturated heterocycles. The Labute approximate surface area is 128 Å². The lowest BCUT2D eigenvalue weighted by molar-refractivity contribution is 0.0493. The Morgan fingerprint density at radius 2 is 1.68 bits per heavy atom. The number of aliphatic hydroxyl groups excluding tert-OH is 1. The van der Waals surface area contributed by atoms with Gasteiger partial charge in [0.25, 0.3) is 0 Å². The lowest BCUT2D eigenvalue weighted by Crippen LogP contribution is -2.09. The van der Waals surface area contributed by atoms with Crippen LogP contribution in [0, 0.1) is 0 Å². The Bertz CT molecular complexity index is 734. The molecular weight excluding hydrogens is 280 g/mol. The Morgan fingerprint density at radius 1 is 0.955 bits per heavy atom. The zero-order chi connectivity index (χ0) is 15.5. The third kappa shape index (κ3) is 2.42. The van der Waals surface area contributed by atoms with Crippen molar-refractivity contribution in [2.75, 3.05) is 13.2 Å². The number of ketones is 1. The van der Waals surface area contributed by atoms with E-state index in [4.69, 9.17) is 9.84 Å². The predicted molar refractivity (Wildman–Crippen MR) is 81.9 cm³/mol. The molecule has 0 aliphatic heterocycles. The molecule has 112 valence electrons. The topological polar surface area (TPSA) is 63.6 Å². The third-order valence-electron chi connectivity index (χ3n) is 3.76. The predicted octanol–water partition coefficient (Wildman–Crippen LogP) is 2.83. The van der Waals surface area contributed by atoms with E-state index in [2.05, 4.69) is 0 Å². The highest BCUT2D eigenvalue weighted by Gasteiger charge is 2.30. The molecule has 1 aliphatic carbocycles. The van der Waals surface area contributed by atoms with Crippen molar-refractivity contribution in [2.24, 2.45) is 0 Å². The zero-order valence-electron chi connectivity index (χ0n) is 12.0. The largest absolute Gasteiger partial charge is 0.462 e. The Morgan fingerprint density at radius 3 is 2.45 bits per heavy atom. The Balaban J connectivity index is 1.93. The summed E-state index contributed by atoms with van der Waals surface area (Å²) in [6, 6.07) is 12.4. The maximum Gasteiger partial charge on any atom is 0.338 e. The minimum Gasteiger partial charge on any atom is -0.462 e. The van der Waals surface area contributed by atoms with Crippen LogP contribution < -0.4 is 0 Å². The minimum atomic E-state index is -0.431. The van der Waals surface area contributed by atoms with Gasteiger partial charge in [-0.05, 0) is 24.5 Å². The van der Waals surface area contributed by atoms with Crippen LogP contribution in [0.15, 0.2) is 42.5 Å². The highest BCUT2D eigenvalue weighted by atomic mass is 16.5. The summed E-state index contributed by atoms with van der Waals surface area (Å²) < 4.78 is 5.24.